The molecule has 4 rings (SSSR count). The van der Waals surface area contributed by atoms with Crippen LogP contribution in [0.15, 0.2) is 65.1 Å². The number of hydrogen-bond acceptors (Lipinski definition) is 6. The summed E-state index contributed by atoms with van der Waals surface area (Å²) in [5.74, 6) is -0.520. The molecular weight excluding hydrogens is 505 g/mol. The van der Waals surface area contributed by atoms with Crippen molar-refractivity contribution in [2.24, 2.45) is 5.73 Å². The monoisotopic (exact) mass is 527 g/mol. The van der Waals surface area contributed by atoms with E-state index in [4.69, 9.17) is 39.1 Å². The molecule has 0 radical (unpaired) electrons. The highest BCUT2D eigenvalue weighted by molar-refractivity contribution is 7.96. The van der Waals surface area contributed by atoms with Crippen LogP contribution < -0.4 is 11.5 Å². The molecule has 180 valence electrons. The second kappa shape index (κ2) is 10.3. The van der Waals surface area contributed by atoms with Gasteiger partial charge in [-0.25, -0.2) is 0 Å². The normalized spacial score (nSPS) is 12.0. The molecule has 35 heavy (non-hydrogen) atoms. The van der Waals surface area contributed by atoms with E-state index in [1.54, 1.807) is 23.4 Å². The summed E-state index contributed by atoms with van der Waals surface area (Å²) in [7, 11) is 0. The zero-order chi connectivity index (χ0) is 25.3. The lowest BCUT2D eigenvalue weighted by atomic mass is 10.0. The number of carbonyl (C=O) groups is 2. The summed E-state index contributed by atoms with van der Waals surface area (Å²) in [6.07, 6.45) is 1.84. The zero-order valence-electron chi connectivity index (χ0n) is 19.0. The van der Waals surface area contributed by atoms with E-state index < -0.39 is 11.8 Å². The third-order valence-corrected chi connectivity index (χ3v) is 6.85. The molecule has 4 N–H and O–H groups in total. The topological polar surface area (TPSA) is 103 Å². The average molecular weight is 528 g/mol. The second-order valence-corrected chi connectivity index (χ2v) is 9.71. The molecule has 0 aliphatic rings. The molecule has 0 fully saturated rings. The summed E-state index contributed by atoms with van der Waals surface area (Å²) >= 11 is 13.5. The maximum atomic E-state index is 13.1. The van der Waals surface area contributed by atoms with Gasteiger partial charge in [-0.1, -0.05) is 59.4 Å². The van der Waals surface area contributed by atoms with Crippen LogP contribution in [0.3, 0.4) is 0 Å². The molecule has 0 saturated heterocycles. The molecule has 0 bridgehead atoms. The molecule has 6 nitrogen and oxygen atoms in total. The lowest BCUT2D eigenvalue weighted by Crippen LogP contribution is -2.37. The van der Waals surface area contributed by atoms with Gasteiger partial charge in [-0.2, -0.15) is 0 Å². The van der Waals surface area contributed by atoms with Gasteiger partial charge in [-0.15, -0.1) is 0 Å². The predicted molar refractivity (Wildman–Crippen MR) is 144 cm³/mol. The molecular formula is C26H23Cl2N3O3S. The Morgan fingerprint density at radius 1 is 1.06 bits per heavy atom. The SMILES string of the molecule is CSN(Cc1cccc(-c2ccc3c(N)c(C(=O)c4ccc(Cl)cc4Cl)oc3c2)c1)C(=O)C(C)N. The second-order valence-electron chi connectivity index (χ2n) is 8.06. The highest BCUT2D eigenvalue weighted by Crippen LogP contribution is 2.35. The van der Waals surface area contributed by atoms with Crippen LogP contribution in [0, 0.1) is 0 Å². The van der Waals surface area contributed by atoms with Gasteiger partial charge in [0.25, 0.3) is 0 Å². The summed E-state index contributed by atoms with van der Waals surface area (Å²) in [4.78, 5) is 25.4. The van der Waals surface area contributed by atoms with E-state index >= 15 is 0 Å². The fraction of sp³-hybridized carbons (Fsp3) is 0.154. The molecule has 3 aromatic carbocycles. The van der Waals surface area contributed by atoms with Crippen molar-refractivity contribution in [3.8, 4) is 11.1 Å². The highest BCUT2D eigenvalue weighted by Gasteiger charge is 2.23. The summed E-state index contributed by atoms with van der Waals surface area (Å²) < 4.78 is 7.54. The van der Waals surface area contributed by atoms with Crippen molar-refractivity contribution in [1.82, 2.24) is 4.31 Å². The Bertz CT molecular complexity index is 1430. The standard InChI is InChI=1S/C26H23Cl2N3O3S/c1-14(29)26(33)31(35-2)13-15-4-3-5-16(10-15)17-6-8-20-22(11-17)34-25(23(20)30)24(32)19-9-7-18(27)12-21(19)28/h3-12,14H,13,29-30H2,1-2H3. The zero-order valence-corrected chi connectivity index (χ0v) is 21.4. The van der Waals surface area contributed by atoms with E-state index in [9.17, 15) is 9.59 Å². The smallest absolute Gasteiger partial charge is 0.249 e. The molecule has 1 unspecified atom stereocenters. The highest BCUT2D eigenvalue weighted by atomic mass is 35.5. The Labute approximate surface area is 217 Å². The quantitative estimate of drug-likeness (QED) is 0.220. The van der Waals surface area contributed by atoms with Gasteiger partial charge in [0.15, 0.2) is 5.76 Å². The van der Waals surface area contributed by atoms with Crippen LogP contribution in [0.4, 0.5) is 5.69 Å². The Kier molecular flexibility index (Phi) is 7.42. The number of hydrogen-bond donors (Lipinski definition) is 2. The predicted octanol–water partition coefficient (Wildman–Crippen LogP) is 6.17. The number of nitrogens with two attached hydrogens (primary N) is 2. The van der Waals surface area contributed by atoms with Gasteiger partial charge in [0, 0.05) is 22.2 Å². The molecule has 0 saturated carbocycles. The molecule has 1 atom stereocenters. The van der Waals surface area contributed by atoms with Crippen LogP contribution in [0.2, 0.25) is 10.0 Å². The van der Waals surface area contributed by atoms with Crippen molar-refractivity contribution >= 4 is 63.5 Å². The van der Waals surface area contributed by atoms with Crippen molar-refractivity contribution in [2.45, 2.75) is 19.5 Å². The molecule has 9 heteroatoms. The summed E-state index contributed by atoms with van der Waals surface area (Å²) in [6.45, 7) is 2.10. The van der Waals surface area contributed by atoms with Gasteiger partial charge >= 0.3 is 0 Å². The van der Waals surface area contributed by atoms with Crippen LogP contribution >= 0.6 is 35.1 Å². The van der Waals surface area contributed by atoms with Gasteiger partial charge in [-0.05, 0) is 60.0 Å². The first kappa shape index (κ1) is 25.1. The van der Waals surface area contributed by atoms with E-state index in [1.807, 2.05) is 48.7 Å². The lowest BCUT2D eigenvalue weighted by Gasteiger charge is -2.21. The summed E-state index contributed by atoms with van der Waals surface area (Å²) in [6, 6.07) is 17.5. The maximum Gasteiger partial charge on any atom is 0.249 e. The molecule has 0 aliphatic heterocycles. The van der Waals surface area contributed by atoms with Crippen LogP contribution in [0.5, 0.6) is 0 Å². The summed E-state index contributed by atoms with van der Waals surface area (Å²) in [5.41, 5.74) is 15.8. The molecule has 1 heterocycles. The van der Waals surface area contributed by atoms with Gasteiger partial charge in [0.2, 0.25) is 11.7 Å². The third-order valence-electron chi connectivity index (χ3n) is 5.55. The number of ketones is 1. The molecule has 1 aromatic heterocycles. The average Bonchev–Trinajstić information content (AvgIpc) is 3.17. The van der Waals surface area contributed by atoms with E-state index in [2.05, 4.69) is 0 Å². The maximum absolute atomic E-state index is 13.1. The lowest BCUT2D eigenvalue weighted by molar-refractivity contribution is -0.127. The van der Waals surface area contributed by atoms with Gasteiger partial charge in [0.1, 0.15) is 5.58 Å². The summed E-state index contributed by atoms with van der Waals surface area (Å²) in [5, 5.41) is 1.29. The first-order valence-electron chi connectivity index (χ1n) is 10.7. The van der Waals surface area contributed by atoms with Crippen molar-refractivity contribution in [3.05, 3.63) is 87.6 Å². The number of anilines is 1. The first-order valence-corrected chi connectivity index (χ1v) is 12.7. The van der Waals surface area contributed by atoms with Crippen molar-refractivity contribution in [2.75, 3.05) is 12.0 Å². The molecule has 0 aliphatic carbocycles. The Hall–Kier alpha value is -2.97. The van der Waals surface area contributed by atoms with Gasteiger partial charge < -0.3 is 15.9 Å². The Balaban J connectivity index is 1.66. The fourth-order valence-corrected chi connectivity index (χ4v) is 4.85. The minimum absolute atomic E-state index is 0.0279. The molecule has 4 aromatic rings. The molecule has 0 spiro atoms. The number of carbonyl (C=O) groups excluding carboxylic acids is 2. The van der Waals surface area contributed by atoms with Crippen molar-refractivity contribution in [1.29, 1.82) is 0 Å². The van der Waals surface area contributed by atoms with Crippen molar-refractivity contribution < 1.29 is 14.0 Å². The minimum atomic E-state index is -0.572. The minimum Gasteiger partial charge on any atom is -0.450 e. The van der Waals surface area contributed by atoms with Crippen LogP contribution in [-0.2, 0) is 11.3 Å². The van der Waals surface area contributed by atoms with E-state index in [0.717, 1.165) is 16.7 Å². The molecule has 1 amide bonds. The van der Waals surface area contributed by atoms with E-state index in [0.29, 0.717) is 22.5 Å². The number of rotatable bonds is 7. The number of furan rings is 1. The Morgan fingerprint density at radius 2 is 1.80 bits per heavy atom. The van der Waals surface area contributed by atoms with Crippen LogP contribution in [0.1, 0.15) is 28.6 Å². The first-order chi connectivity index (χ1) is 16.7. The van der Waals surface area contributed by atoms with E-state index in [-0.39, 0.29) is 27.9 Å². The number of halogens is 2. The number of benzene rings is 3. The third kappa shape index (κ3) is 5.18. The number of amides is 1. The van der Waals surface area contributed by atoms with Gasteiger partial charge in [-0.3, -0.25) is 13.9 Å². The fourth-order valence-electron chi connectivity index (χ4n) is 3.74. The van der Waals surface area contributed by atoms with Crippen LogP contribution in [0.25, 0.3) is 22.1 Å². The van der Waals surface area contributed by atoms with Crippen molar-refractivity contribution in [3.63, 3.8) is 0 Å². The van der Waals surface area contributed by atoms with Crippen LogP contribution in [-0.4, -0.2) is 28.3 Å². The van der Waals surface area contributed by atoms with E-state index in [1.165, 1.54) is 18.0 Å². The number of fused-ring (bicyclic) bond motifs is 1. The Morgan fingerprint density at radius 3 is 2.49 bits per heavy atom. The number of nitrogen functional groups attached to an aromatic ring is 1. The van der Waals surface area contributed by atoms with Gasteiger partial charge in [0.05, 0.1) is 23.3 Å². The largest absolute Gasteiger partial charge is 0.450 e. The number of nitrogens with zero attached hydrogens (tertiary/aromatic N) is 1.